The molecule has 1 aromatic carbocycles. The van der Waals surface area contributed by atoms with Gasteiger partial charge in [0.25, 0.3) is 0 Å². The smallest absolute Gasteiger partial charge is 0.187 e. The van der Waals surface area contributed by atoms with Gasteiger partial charge in [-0.15, -0.1) is 0 Å². The number of nitrogens with zero attached hydrogens (tertiary/aromatic N) is 2. The number of hydrogen-bond acceptors (Lipinski definition) is 2. The fourth-order valence-electron chi connectivity index (χ4n) is 2.71. The number of epoxide rings is 1. The van der Waals surface area contributed by atoms with E-state index >= 15 is 0 Å². The lowest BCUT2D eigenvalue weighted by molar-refractivity contribution is 0.201. The highest BCUT2D eigenvalue weighted by Gasteiger charge is 2.39. The molecule has 0 radical (unpaired) electrons. The molecule has 2 aliphatic rings. The Balaban J connectivity index is 1.71. The molecule has 0 aromatic heterocycles. The fourth-order valence-corrected chi connectivity index (χ4v) is 2.71. The molecule has 2 heterocycles. The van der Waals surface area contributed by atoms with Gasteiger partial charge in [0.15, 0.2) is 5.69 Å². The zero-order chi connectivity index (χ0) is 11.7. The zero-order valence-electron chi connectivity index (χ0n) is 9.80. The summed E-state index contributed by atoms with van der Waals surface area (Å²) < 4.78 is 5.42. The lowest BCUT2D eigenvalue weighted by atomic mass is 10.1. The molecule has 3 nitrogen and oxygen atoms in total. The van der Waals surface area contributed by atoms with Crippen molar-refractivity contribution in [2.75, 3.05) is 13.2 Å². The number of benzene rings is 1. The summed E-state index contributed by atoms with van der Waals surface area (Å²) in [6, 6.07) is 8.55. The molecule has 3 rings (SSSR count). The van der Waals surface area contributed by atoms with Crippen LogP contribution in [0, 0.1) is 6.57 Å². The van der Waals surface area contributed by atoms with E-state index in [2.05, 4.69) is 15.8 Å². The third kappa shape index (κ3) is 2.33. The fraction of sp³-hybridized carbons (Fsp3) is 0.500. The monoisotopic (exact) mass is 228 g/mol. The normalized spacial score (nSPS) is 27.9. The second-order valence-corrected chi connectivity index (χ2v) is 4.83. The molecule has 0 saturated carbocycles. The van der Waals surface area contributed by atoms with Crippen LogP contribution in [-0.2, 0) is 11.3 Å². The van der Waals surface area contributed by atoms with Gasteiger partial charge in [-0.25, -0.2) is 4.85 Å². The van der Waals surface area contributed by atoms with E-state index in [4.69, 9.17) is 11.3 Å². The molecule has 0 unspecified atom stereocenters. The largest absolute Gasteiger partial charge is 0.371 e. The van der Waals surface area contributed by atoms with Crippen LogP contribution in [0.15, 0.2) is 24.3 Å². The molecule has 1 aromatic rings. The molecular formula is C14H16N2O. The van der Waals surface area contributed by atoms with E-state index in [1.54, 1.807) is 0 Å². The summed E-state index contributed by atoms with van der Waals surface area (Å²) >= 11 is 0. The average Bonchev–Trinajstić information content (AvgIpc) is 3.11. The van der Waals surface area contributed by atoms with E-state index in [-0.39, 0.29) is 0 Å². The van der Waals surface area contributed by atoms with E-state index in [1.807, 2.05) is 18.2 Å². The van der Waals surface area contributed by atoms with Crippen LogP contribution in [0.5, 0.6) is 0 Å². The molecule has 2 aliphatic heterocycles. The van der Waals surface area contributed by atoms with Gasteiger partial charge in [0.1, 0.15) is 0 Å². The first-order chi connectivity index (χ1) is 8.36. The molecule has 3 heteroatoms. The summed E-state index contributed by atoms with van der Waals surface area (Å²) in [7, 11) is 0. The molecule has 0 bridgehead atoms. The molecule has 17 heavy (non-hydrogen) atoms. The molecule has 0 amide bonds. The van der Waals surface area contributed by atoms with E-state index in [0.717, 1.165) is 25.4 Å². The Morgan fingerprint density at radius 1 is 1.47 bits per heavy atom. The Hall–Kier alpha value is -1.37. The Kier molecular flexibility index (Phi) is 2.84. The predicted octanol–water partition coefficient (Wildman–Crippen LogP) is 2.60. The highest BCUT2D eigenvalue weighted by Crippen LogP contribution is 2.30. The first-order valence-corrected chi connectivity index (χ1v) is 6.19. The number of likely N-dealkylation sites (tertiary alicyclic amines) is 1. The predicted molar refractivity (Wildman–Crippen MR) is 65.9 cm³/mol. The van der Waals surface area contributed by atoms with Crippen molar-refractivity contribution in [3.63, 3.8) is 0 Å². The van der Waals surface area contributed by atoms with Gasteiger partial charge in [0, 0.05) is 12.6 Å². The van der Waals surface area contributed by atoms with Gasteiger partial charge in [0.2, 0.25) is 0 Å². The highest BCUT2D eigenvalue weighted by molar-refractivity contribution is 5.46. The summed E-state index contributed by atoms with van der Waals surface area (Å²) in [5, 5.41) is 0. The number of ether oxygens (including phenoxy) is 1. The van der Waals surface area contributed by atoms with Crippen molar-refractivity contribution in [1.29, 1.82) is 0 Å². The standard InChI is InChI=1S/C14H16N2O/c1-15-12-5-2-4-11(8-12)9-16-7-3-6-13(16)14-10-17-14/h2,4-5,8,13-14H,3,6-7,9-10H2/t13-,14-/m1/s1. The minimum absolute atomic E-state index is 0.474. The molecule has 0 spiro atoms. The maximum Gasteiger partial charge on any atom is 0.187 e. The maximum atomic E-state index is 7.03. The third-order valence-corrected chi connectivity index (χ3v) is 3.63. The molecule has 88 valence electrons. The third-order valence-electron chi connectivity index (χ3n) is 3.63. The first kappa shape index (κ1) is 10.8. The molecule has 2 fully saturated rings. The van der Waals surface area contributed by atoms with Crippen LogP contribution in [0.2, 0.25) is 0 Å². The Morgan fingerprint density at radius 3 is 3.12 bits per heavy atom. The van der Waals surface area contributed by atoms with E-state index in [0.29, 0.717) is 12.1 Å². The zero-order valence-corrected chi connectivity index (χ0v) is 9.80. The molecule has 2 saturated heterocycles. The van der Waals surface area contributed by atoms with Crippen molar-refractivity contribution in [3.8, 4) is 0 Å². The average molecular weight is 228 g/mol. The Labute approximate surface area is 102 Å². The topological polar surface area (TPSA) is 20.1 Å². The highest BCUT2D eigenvalue weighted by atomic mass is 16.6. The number of rotatable bonds is 3. The van der Waals surface area contributed by atoms with Gasteiger partial charge < -0.3 is 4.74 Å². The van der Waals surface area contributed by atoms with E-state index < -0.39 is 0 Å². The molecule has 0 aliphatic carbocycles. The lowest BCUT2D eigenvalue weighted by Gasteiger charge is -2.23. The van der Waals surface area contributed by atoms with Crippen LogP contribution in [-0.4, -0.2) is 30.2 Å². The quantitative estimate of drug-likeness (QED) is 0.585. The second kappa shape index (κ2) is 4.48. The minimum atomic E-state index is 0.474. The lowest BCUT2D eigenvalue weighted by Crippen LogP contribution is -2.33. The SMILES string of the molecule is [C-]#[N+]c1cccc(CN2CCC[C@@H]2[C@H]2CO2)c1. The summed E-state index contributed by atoms with van der Waals surface area (Å²) in [6.07, 6.45) is 3.00. The minimum Gasteiger partial charge on any atom is -0.371 e. The van der Waals surface area contributed by atoms with Crippen LogP contribution in [0.4, 0.5) is 5.69 Å². The van der Waals surface area contributed by atoms with Crippen molar-refractivity contribution in [3.05, 3.63) is 41.2 Å². The van der Waals surface area contributed by atoms with E-state index in [9.17, 15) is 0 Å². The summed E-state index contributed by atoms with van der Waals surface area (Å²) in [4.78, 5) is 5.98. The van der Waals surface area contributed by atoms with Crippen molar-refractivity contribution in [1.82, 2.24) is 4.90 Å². The second-order valence-electron chi connectivity index (χ2n) is 4.83. The van der Waals surface area contributed by atoms with Gasteiger partial charge in [0.05, 0.1) is 19.3 Å². The first-order valence-electron chi connectivity index (χ1n) is 6.19. The molecular weight excluding hydrogens is 212 g/mol. The van der Waals surface area contributed by atoms with Gasteiger partial charge in [-0.2, -0.15) is 0 Å². The van der Waals surface area contributed by atoms with Crippen molar-refractivity contribution in [2.45, 2.75) is 31.5 Å². The Bertz CT molecular complexity index is 448. The van der Waals surface area contributed by atoms with Gasteiger partial charge in [-0.3, -0.25) is 4.90 Å². The van der Waals surface area contributed by atoms with Crippen LogP contribution in [0.25, 0.3) is 4.85 Å². The molecule has 2 atom stereocenters. The van der Waals surface area contributed by atoms with Crippen LogP contribution < -0.4 is 0 Å². The summed E-state index contributed by atoms with van der Waals surface area (Å²) in [6.45, 7) is 10.1. The Morgan fingerprint density at radius 2 is 2.35 bits per heavy atom. The summed E-state index contributed by atoms with van der Waals surface area (Å²) in [5.74, 6) is 0. The van der Waals surface area contributed by atoms with Crippen LogP contribution in [0.1, 0.15) is 18.4 Å². The summed E-state index contributed by atoms with van der Waals surface area (Å²) in [5.41, 5.74) is 1.98. The van der Waals surface area contributed by atoms with E-state index in [1.165, 1.54) is 18.4 Å². The van der Waals surface area contributed by atoms with Gasteiger partial charge in [-0.05, 0) is 24.9 Å². The molecule has 0 N–H and O–H groups in total. The van der Waals surface area contributed by atoms with Crippen molar-refractivity contribution < 1.29 is 4.74 Å². The van der Waals surface area contributed by atoms with Crippen molar-refractivity contribution >= 4 is 5.69 Å². The van der Waals surface area contributed by atoms with Crippen LogP contribution in [0.3, 0.4) is 0 Å². The van der Waals surface area contributed by atoms with Crippen LogP contribution >= 0.6 is 0 Å². The number of hydrogen-bond donors (Lipinski definition) is 0. The van der Waals surface area contributed by atoms with Crippen molar-refractivity contribution in [2.24, 2.45) is 0 Å². The van der Waals surface area contributed by atoms with Gasteiger partial charge in [-0.1, -0.05) is 24.3 Å². The maximum absolute atomic E-state index is 7.03. The van der Waals surface area contributed by atoms with Gasteiger partial charge >= 0.3 is 0 Å².